The van der Waals surface area contributed by atoms with Crippen molar-refractivity contribution in [2.24, 2.45) is 5.92 Å². The second-order valence-corrected chi connectivity index (χ2v) is 5.65. The van der Waals surface area contributed by atoms with Gasteiger partial charge in [0.15, 0.2) is 0 Å². The number of amides is 2. The van der Waals surface area contributed by atoms with E-state index in [1.165, 1.54) is 0 Å². The minimum absolute atomic E-state index is 0.0228. The number of carbonyl (C=O) groups is 2. The second-order valence-electron chi connectivity index (χ2n) is 5.65. The summed E-state index contributed by atoms with van der Waals surface area (Å²) < 4.78 is 0. The largest absolute Gasteiger partial charge is 0.378 e. The lowest BCUT2D eigenvalue weighted by Crippen LogP contribution is -2.35. The molecular formula is C16H25N3O2. The molecule has 0 radical (unpaired) electrons. The van der Waals surface area contributed by atoms with Crippen molar-refractivity contribution in [3.05, 3.63) is 29.8 Å². The third kappa shape index (κ3) is 6.29. The summed E-state index contributed by atoms with van der Waals surface area (Å²) in [5, 5.41) is 5.57. The third-order valence-electron chi connectivity index (χ3n) is 2.97. The highest BCUT2D eigenvalue weighted by Crippen LogP contribution is 2.11. The summed E-state index contributed by atoms with van der Waals surface area (Å²) in [4.78, 5) is 25.3. The molecule has 116 valence electrons. The third-order valence-corrected chi connectivity index (χ3v) is 2.97. The van der Waals surface area contributed by atoms with Crippen LogP contribution >= 0.6 is 0 Å². The summed E-state index contributed by atoms with van der Waals surface area (Å²) in [6, 6.07) is 7.39. The van der Waals surface area contributed by atoms with Crippen molar-refractivity contribution in [2.45, 2.75) is 20.3 Å². The maximum absolute atomic E-state index is 11.9. The zero-order valence-corrected chi connectivity index (χ0v) is 13.3. The van der Waals surface area contributed by atoms with E-state index in [0.717, 1.165) is 5.69 Å². The minimum Gasteiger partial charge on any atom is -0.378 e. The van der Waals surface area contributed by atoms with Crippen LogP contribution in [-0.4, -0.2) is 39.0 Å². The van der Waals surface area contributed by atoms with Crippen molar-refractivity contribution < 1.29 is 9.59 Å². The highest BCUT2D eigenvalue weighted by molar-refractivity contribution is 5.94. The van der Waals surface area contributed by atoms with Crippen LogP contribution < -0.4 is 15.5 Å². The molecule has 0 saturated heterocycles. The Morgan fingerprint density at radius 3 is 2.14 bits per heavy atom. The van der Waals surface area contributed by atoms with Gasteiger partial charge in [-0.2, -0.15) is 0 Å². The molecule has 0 aliphatic carbocycles. The lowest BCUT2D eigenvalue weighted by Gasteiger charge is -2.12. The number of carbonyl (C=O) groups excluding carboxylic acids is 2. The molecule has 0 spiro atoms. The van der Waals surface area contributed by atoms with Gasteiger partial charge >= 0.3 is 0 Å². The molecule has 2 N–H and O–H groups in total. The Kier molecular flexibility index (Phi) is 6.72. The van der Waals surface area contributed by atoms with E-state index in [0.29, 0.717) is 31.0 Å². The van der Waals surface area contributed by atoms with E-state index in [1.807, 2.05) is 45.0 Å². The van der Waals surface area contributed by atoms with Gasteiger partial charge in [0.1, 0.15) is 0 Å². The quantitative estimate of drug-likeness (QED) is 0.751. The summed E-state index contributed by atoms with van der Waals surface area (Å²) in [5.74, 6) is 0.239. The van der Waals surface area contributed by atoms with Crippen molar-refractivity contribution in [1.29, 1.82) is 0 Å². The lowest BCUT2D eigenvalue weighted by molar-refractivity contribution is -0.121. The molecule has 5 heteroatoms. The van der Waals surface area contributed by atoms with Gasteiger partial charge in [-0.3, -0.25) is 9.59 Å². The number of benzene rings is 1. The average molecular weight is 291 g/mol. The van der Waals surface area contributed by atoms with Gasteiger partial charge in [0.2, 0.25) is 5.91 Å². The first kappa shape index (κ1) is 17.0. The van der Waals surface area contributed by atoms with E-state index < -0.39 is 0 Å². The fourth-order valence-corrected chi connectivity index (χ4v) is 1.83. The summed E-state index contributed by atoms with van der Waals surface area (Å²) >= 11 is 0. The first-order chi connectivity index (χ1) is 9.90. The van der Waals surface area contributed by atoms with Gasteiger partial charge in [0, 0.05) is 44.9 Å². The number of nitrogens with zero attached hydrogens (tertiary/aromatic N) is 1. The van der Waals surface area contributed by atoms with E-state index in [9.17, 15) is 9.59 Å². The Morgan fingerprint density at radius 2 is 1.62 bits per heavy atom. The van der Waals surface area contributed by atoms with Crippen LogP contribution in [0.1, 0.15) is 30.6 Å². The normalized spacial score (nSPS) is 10.3. The fourth-order valence-electron chi connectivity index (χ4n) is 1.83. The highest BCUT2D eigenvalue weighted by atomic mass is 16.2. The standard InChI is InChI=1S/C16H25N3O2/c1-12(2)11-15(20)17-9-10-18-16(21)13-5-7-14(8-6-13)19(3)4/h5-8,12H,9-11H2,1-4H3,(H,17,20)(H,18,21). The molecule has 0 aliphatic heterocycles. The fraction of sp³-hybridized carbons (Fsp3) is 0.500. The smallest absolute Gasteiger partial charge is 0.251 e. The van der Waals surface area contributed by atoms with Crippen molar-refractivity contribution in [2.75, 3.05) is 32.1 Å². The van der Waals surface area contributed by atoms with Crippen LogP contribution in [-0.2, 0) is 4.79 Å². The predicted octanol–water partition coefficient (Wildman–Crippen LogP) is 1.64. The molecule has 0 fully saturated rings. The number of hydrogen-bond donors (Lipinski definition) is 2. The summed E-state index contributed by atoms with van der Waals surface area (Å²) in [7, 11) is 3.91. The van der Waals surface area contributed by atoms with Gasteiger partial charge in [0.25, 0.3) is 5.91 Å². The number of rotatable bonds is 7. The maximum atomic E-state index is 11.9. The van der Waals surface area contributed by atoms with Gasteiger partial charge in [-0.05, 0) is 30.2 Å². The summed E-state index contributed by atoms with van der Waals surface area (Å²) in [6.45, 7) is 4.88. The Balaban J connectivity index is 2.32. The van der Waals surface area contributed by atoms with Crippen LogP contribution in [0, 0.1) is 5.92 Å². The molecule has 1 rings (SSSR count). The van der Waals surface area contributed by atoms with E-state index in [1.54, 1.807) is 12.1 Å². The van der Waals surface area contributed by atoms with Crippen molar-refractivity contribution >= 4 is 17.5 Å². The number of anilines is 1. The molecule has 21 heavy (non-hydrogen) atoms. The van der Waals surface area contributed by atoms with E-state index in [4.69, 9.17) is 0 Å². The Hall–Kier alpha value is -2.04. The van der Waals surface area contributed by atoms with Gasteiger partial charge in [0.05, 0.1) is 0 Å². The molecule has 5 nitrogen and oxygen atoms in total. The molecular weight excluding hydrogens is 266 g/mol. The first-order valence-electron chi connectivity index (χ1n) is 7.22. The van der Waals surface area contributed by atoms with Crippen LogP contribution in [0.15, 0.2) is 24.3 Å². The monoisotopic (exact) mass is 291 g/mol. The van der Waals surface area contributed by atoms with E-state index in [-0.39, 0.29) is 11.8 Å². The zero-order valence-electron chi connectivity index (χ0n) is 13.3. The molecule has 0 atom stereocenters. The van der Waals surface area contributed by atoms with Crippen LogP contribution in [0.4, 0.5) is 5.69 Å². The van der Waals surface area contributed by atoms with Crippen LogP contribution in [0.2, 0.25) is 0 Å². The number of nitrogens with one attached hydrogen (secondary N) is 2. The molecule has 1 aromatic rings. The molecule has 0 heterocycles. The molecule has 0 unspecified atom stereocenters. The van der Waals surface area contributed by atoms with Gasteiger partial charge < -0.3 is 15.5 Å². The molecule has 0 saturated carbocycles. The van der Waals surface area contributed by atoms with Gasteiger partial charge in [-0.15, -0.1) is 0 Å². The lowest BCUT2D eigenvalue weighted by atomic mass is 10.1. The van der Waals surface area contributed by atoms with Crippen molar-refractivity contribution in [1.82, 2.24) is 10.6 Å². The van der Waals surface area contributed by atoms with E-state index >= 15 is 0 Å². The highest BCUT2D eigenvalue weighted by Gasteiger charge is 2.06. The SMILES string of the molecule is CC(C)CC(=O)NCCNC(=O)c1ccc(N(C)C)cc1. The molecule has 2 amide bonds. The van der Waals surface area contributed by atoms with Gasteiger partial charge in [-0.25, -0.2) is 0 Å². The average Bonchev–Trinajstić information content (AvgIpc) is 2.42. The van der Waals surface area contributed by atoms with Crippen molar-refractivity contribution in [3.8, 4) is 0 Å². The summed E-state index contributed by atoms with van der Waals surface area (Å²) in [6.07, 6.45) is 0.514. The Labute approximate surface area is 126 Å². The first-order valence-corrected chi connectivity index (χ1v) is 7.22. The zero-order chi connectivity index (χ0) is 15.8. The molecule has 0 bridgehead atoms. The maximum Gasteiger partial charge on any atom is 0.251 e. The topological polar surface area (TPSA) is 61.4 Å². The Bertz CT molecular complexity index is 467. The molecule has 0 aromatic heterocycles. The minimum atomic E-state index is -0.126. The second kappa shape index (κ2) is 8.29. The number of hydrogen-bond acceptors (Lipinski definition) is 3. The predicted molar refractivity (Wildman–Crippen MR) is 85.6 cm³/mol. The van der Waals surface area contributed by atoms with Crippen molar-refractivity contribution in [3.63, 3.8) is 0 Å². The van der Waals surface area contributed by atoms with Crippen LogP contribution in [0.25, 0.3) is 0 Å². The van der Waals surface area contributed by atoms with Crippen LogP contribution in [0.3, 0.4) is 0 Å². The molecule has 1 aromatic carbocycles. The summed E-state index contributed by atoms with van der Waals surface area (Å²) in [5.41, 5.74) is 1.67. The Morgan fingerprint density at radius 1 is 1.05 bits per heavy atom. The van der Waals surface area contributed by atoms with Crippen LogP contribution in [0.5, 0.6) is 0 Å². The van der Waals surface area contributed by atoms with E-state index in [2.05, 4.69) is 10.6 Å². The molecule has 0 aliphatic rings. The van der Waals surface area contributed by atoms with Gasteiger partial charge in [-0.1, -0.05) is 13.8 Å².